The van der Waals surface area contributed by atoms with Crippen molar-refractivity contribution in [3.05, 3.63) is 36.5 Å². The molecule has 0 bridgehead atoms. The van der Waals surface area contributed by atoms with Gasteiger partial charge in [-0.3, -0.25) is 4.72 Å². The second-order valence-electron chi connectivity index (χ2n) is 5.33. The van der Waals surface area contributed by atoms with E-state index in [9.17, 15) is 8.42 Å². The first kappa shape index (κ1) is 18.9. The summed E-state index contributed by atoms with van der Waals surface area (Å²) in [5.41, 5.74) is 0.850. The van der Waals surface area contributed by atoms with Gasteiger partial charge in [-0.05, 0) is 30.7 Å². The molecule has 1 heterocycles. The van der Waals surface area contributed by atoms with Crippen molar-refractivity contribution in [2.75, 3.05) is 30.8 Å². The van der Waals surface area contributed by atoms with Crippen molar-refractivity contribution in [2.45, 2.75) is 24.7 Å². The standard InChI is InChI=1S/C17H23N3O4S/c1-4-5-10-18-13-6-9-17(19-12-13)20-25(21,22)14-7-8-15(23-2)16(11-14)24-3/h6-9,11-12,18H,4-5,10H2,1-3H3,(H,19,20). The summed E-state index contributed by atoms with van der Waals surface area (Å²) in [7, 11) is -0.831. The Morgan fingerprint density at radius 2 is 1.84 bits per heavy atom. The highest BCUT2D eigenvalue weighted by Gasteiger charge is 2.17. The van der Waals surface area contributed by atoms with E-state index in [2.05, 4.69) is 21.9 Å². The summed E-state index contributed by atoms with van der Waals surface area (Å²) in [6.07, 6.45) is 3.76. The van der Waals surface area contributed by atoms with Crippen molar-refractivity contribution in [3.8, 4) is 11.5 Å². The predicted octanol–water partition coefficient (Wildman–Crippen LogP) is 3.11. The van der Waals surface area contributed by atoms with Crippen LogP contribution in [-0.2, 0) is 10.0 Å². The zero-order valence-electron chi connectivity index (χ0n) is 14.6. The van der Waals surface area contributed by atoms with Crippen LogP contribution in [0.2, 0.25) is 0 Å². The van der Waals surface area contributed by atoms with E-state index in [4.69, 9.17) is 9.47 Å². The molecule has 1 aromatic heterocycles. The number of hydrogen-bond donors (Lipinski definition) is 2. The number of hydrogen-bond acceptors (Lipinski definition) is 6. The maximum Gasteiger partial charge on any atom is 0.263 e. The van der Waals surface area contributed by atoms with Crippen LogP contribution >= 0.6 is 0 Å². The molecule has 0 saturated heterocycles. The highest BCUT2D eigenvalue weighted by molar-refractivity contribution is 7.92. The van der Waals surface area contributed by atoms with E-state index in [1.54, 1.807) is 24.4 Å². The van der Waals surface area contributed by atoms with Gasteiger partial charge in [0.1, 0.15) is 5.82 Å². The lowest BCUT2D eigenvalue weighted by Gasteiger charge is -2.11. The largest absolute Gasteiger partial charge is 0.493 e. The number of sulfonamides is 1. The Hall–Kier alpha value is -2.48. The van der Waals surface area contributed by atoms with Gasteiger partial charge in [-0.1, -0.05) is 13.3 Å². The van der Waals surface area contributed by atoms with Crippen LogP contribution in [0.15, 0.2) is 41.4 Å². The molecule has 0 fully saturated rings. The van der Waals surface area contributed by atoms with Crippen LogP contribution in [0.5, 0.6) is 11.5 Å². The molecule has 0 amide bonds. The summed E-state index contributed by atoms with van der Waals surface area (Å²) < 4.78 is 37.7. The number of nitrogens with one attached hydrogen (secondary N) is 2. The highest BCUT2D eigenvalue weighted by Crippen LogP contribution is 2.30. The molecule has 0 aliphatic carbocycles. The topological polar surface area (TPSA) is 89.5 Å². The van der Waals surface area contributed by atoms with Crippen molar-refractivity contribution >= 4 is 21.5 Å². The summed E-state index contributed by atoms with van der Waals surface area (Å²) >= 11 is 0. The first-order valence-electron chi connectivity index (χ1n) is 7.95. The average molecular weight is 365 g/mol. The third kappa shape index (κ3) is 4.99. The first-order chi connectivity index (χ1) is 12.0. The van der Waals surface area contributed by atoms with Crippen LogP contribution in [0.25, 0.3) is 0 Å². The minimum atomic E-state index is -3.77. The van der Waals surface area contributed by atoms with E-state index in [-0.39, 0.29) is 10.7 Å². The highest BCUT2D eigenvalue weighted by atomic mass is 32.2. The molecule has 2 N–H and O–H groups in total. The van der Waals surface area contributed by atoms with Crippen molar-refractivity contribution in [1.29, 1.82) is 0 Å². The fourth-order valence-corrected chi connectivity index (χ4v) is 3.17. The van der Waals surface area contributed by atoms with Gasteiger partial charge in [-0.15, -0.1) is 0 Å². The quantitative estimate of drug-likeness (QED) is 0.664. The van der Waals surface area contributed by atoms with Gasteiger partial charge < -0.3 is 14.8 Å². The number of rotatable bonds is 9. The van der Waals surface area contributed by atoms with Crippen LogP contribution in [0, 0.1) is 0 Å². The van der Waals surface area contributed by atoms with Gasteiger partial charge >= 0.3 is 0 Å². The van der Waals surface area contributed by atoms with E-state index in [1.807, 2.05) is 0 Å². The number of benzene rings is 1. The maximum atomic E-state index is 12.5. The van der Waals surface area contributed by atoms with Crippen molar-refractivity contribution in [1.82, 2.24) is 4.98 Å². The van der Waals surface area contributed by atoms with Gasteiger partial charge in [0.25, 0.3) is 10.0 Å². The summed E-state index contributed by atoms with van der Waals surface area (Å²) in [5.74, 6) is 1.05. The zero-order chi connectivity index (χ0) is 18.3. The Bertz CT molecular complexity index is 792. The Balaban J connectivity index is 2.13. The summed E-state index contributed by atoms with van der Waals surface area (Å²) in [6, 6.07) is 7.80. The second-order valence-corrected chi connectivity index (χ2v) is 7.02. The molecule has 7 nitrogen and oxygen atoms in total. The van der Waals surface area contributed by atoms with Crippen molar-refractivity contribution in [3.63, 3.8) is 0 Å². The molecule has 25 heavy (non-hydrogen) atoms. The van der Waals surface area contributed by atoms with Gasteiger partial charge in [0.15, 0.2) is 11.5 Å². The van der Waals surface area contributed by atoms with Crippen LogP contribution in [-0.4, -0.2) is 34.2 Å². The van der Waals surface area contributed by atoms with E-state index in [0.717, 1.165) is 25.1 Å². The molecule has 0 spiro atoms. The molecule has 0 unspecified atom stereocenters. The van der Waals surface area contributed by atoms with E-state index in [1.165, 1.54) is 26.4 Å². The lowest BCUT2D eigenvalue weighted by atomic mass is 10.3. The molecule has 2 aromatic rings. The molecular formula is C17H23N3O4S. The number of anilines is 2. The first-order valence-corrected chi connectivity index (χ1v) is 9.43. The number of methoxy groups -OCH3 is 2. The van der Waals surface area contributed by atoms with E-state index in [0.29, 0.717) is 11.5 Å². The van der Waals surface area contributed by atoms with Crippen molar-refractivity contribution in [2.24, 2.45) is 0 Å². The molecule has 0 radical (unpaired) electrons. The Kier molecular flexibility index (Phi) is 6.46. The molecule has 1 aromatic carbocycles. The van der Waals surface area contributed by atoms with Crippen LogP contribution < -0.4 is 19.5 Å². The summed E-state index contributed by atoms with van der Waals surface area (Å²) in [5, 5.41) is 3.22. The molecule has 8 heteroatoms. The molecule has 2 rings (SSSR count). The fourth-order valence-electron chi connectivity index (χ4n) is 2.15. The van der Waals surface area contributed by atoms with E-state index < -0.39 is 10.0 Å². The second kappa shape index (κ2) is 8.57. The van der Waals surface area contributed by atoms with Crippen LogP contribution in [0.4, 0.5) is 11.5 Å². The minimum Gasteiger partial charge on any atom is -0.493 e. The number of unbranched alkanes of at least 4 members (excludes halogenated alkanes) is 1. The fraction of sp³-hybridized carbons (Fsp3) is 0.353. The third-order valence-electron chi connectivity index (χ3n) is 3.53. The Labute approximate surface area is 148 Å². The summed E-state index contributed by atoms with van der Waals surface area (Å²) in [6.45, 7) is 2.97. The molecule has 0 aliphatic heterocycles. The van der Waals surface area contributed by atoms with Gasteiger partial charge in [0.05, 0.1) is 31.0 Å². The van der Waals surface area contributed by atoms with Crippen molar-refractivity contribution < 1.29 is 17.9 Å². The van der Waals surface area contributed by atoms with E-state index >= 15 is 0 Å². The van der Waals surface area contributed by atoms with Gasteiger partial charge in [-0.25, -0.2) is 13.4 Å². The SMILES string of the molecule is CCCCNc1ccc(NS(=O)(=O)c2ccc(OC)c(OC)c2)nc1. The molecule has 0 saturated carbocycles. The number of pyridine rings is 1. The summed E-state index contributed by atoms with van der Waals surface area (Å²) in [4.78, 5) is 4.20. The zero-order valence-corrected chi connectivity index (χ0v) is 15.4. The smallest absolute Gasteiger partial charge is 0.263 e. The molecule has 136 valence electrons. The van der Waals surface area contributed by atoms with Gasteiger partial charge in [0, 0.05) is 12.6 Å². The molecular weight excluding hydrogens is 342 g/mol. The Morgan fingerprint density at radius 3 is 2.44 bits per heavy atom. The lowest BCUT2D eigenvalue weighted by Crippen LogP contribution is -2.14. The predicted molar refractivity (Wildman–Crippen MR) is 98.0 cm³/mol. The average Bonchev–Trinajstić information content (AvgIpc) is 2.62. The normalized spacial score (nSPS) is 11.0. The third-order valence-corrected chi connectivity index (χ3v) is 4.88. The molecule has 0 aliphatic rings. The lowest BCUT2D eigenvalue weighted by molar-refractivity contribution is 0.354. The number of ether oxygens (including phenoxy) is 2. The monoisotopic (exact) mass is 365 g/mol. The van der Waals surface area contributed by atoms with Gasteiger partial charge in [0.2, 0.25) is 0 Å². The number of aromatic nitrogens is 1. The maximum absolute atomic E-state index is 12.5. The Morgan fingerprint density at radius 1 is 1.08 bits per heavy atom. The van der Waals surface area contributed by atoms with Crippen LogP contribution in [0.3, 0.4) is 0 Å². The van der Waals surface area contributed by atoms with Gasteiger partial charge in [-0.2, -0.15) is 0 Å². The minimum absolute atomic E-state index is 0.0668. The number of nitrogens with zero attached hydrogens (tertiary/aromatic N) is 1. The van der Waals surface area contributed by atoms with Crippen LogP contribution in [0.1, 0.15) is 19.8 Å². The molecule has 0 atom stereocenters.